The topological polar surface area (TPSA) is 68.1 Å². The summed E-state index contributed by atoms with van der Waals surface area (Å²) in [4.78, 5) is 2.05. The Hall–Kier alpha value is -2.51. The molecular formula is C26H34N6O. The number of anilines is 1. The Kier molecular flexibility index (Phi) is 4.97. The van der Waals surface area contributed by atoms with Crippen LogP contribution in [0.4, 0.5) is 5.82 Å². The number of aromatic nitrogens is 4. The van der Waals surface area contributed by atoms with Crippen molar-refractivity contribution < 1.29 is 7.48 Å². The van der Waals surface area contributed by atoms with Crippen LogP contribution in [0, 0.1) is 18.8 Å². The van der Waals surface area contributed by atoms with E-state index < -0.39 is 6.50 Å². The first-order chi connectivity index (χ1) is 16.9. The fourth-order valence-electron chi connectivity index (χ4n) is 5.96. The molecule has 33 heavy (non-hydrogen) atoms. The summed E-state index contributed by atoms with van der Waals surface area (Å²) in [5.74, 6) is 1.85. The van der Waals surface area contributed by atoms with Gasteiger partial charge in [0.2, 0.25) is 0 Å². The predicted octanol–water partition coefficient (Wildman–Crippen LogP) is 4.03. The number of fused-ring (bicyclic) bond motifs is 2. The molecule has 0 spiro atoms. The fourth-order valence-corrected chi connectivity index (χ4v) is 5.96. The van der Waals surface area contributed by atoms with Gasteiger partial charge in [-0.1, -0.05) is 6.07 Å². The molecule has 0 amide bonds. The van der Waals surface area contributed by atoms with Gasteiger partial charge >= 0.3 is 0 Å². The van der Waals surface area contributed by atoms with Gasteiger partial charge < -0.3 is 15.0 Å². The quantitative estimate of drug-likeness (QED) is 0.636. The van der Waals surface area contributed by atoms with Crippen molar-refractivity contribution in [2.24, 2.45) is 18.9 Å². The maximum Gasteiger partial charge on any atom is 0.148 e. The van der Waals surface area contributed by atoms with Crippen molar-refractivity contribution in [3.63, 3.8) is 0 Å². The molecule has 0 bridgehead atoms. The van der Waals surface area contributed by atoms with Gasteiger partial charge in [-0.15, -0.1) is 10.2 Å². The van der Waals surface area contributed by atoms with E-state index in [4.69, 9.17) is 7.48 Å². The van der Waals surface area contributed by atoms with Crippen molar-refractivity contribution in [3.8, 4) is 11.3 Å². The van der Waals surface area contributed by atoms with Crippen molar-refractivity contribution in [1.29, 1.82) is 0 Å². The van der Waals surface area contributed by atoms with Crippen molar-refractivity contribution in [1.82, 2.24) is 24.9 Å². The largest absolute Gasteiger partial charge is 0.377 e. The summed E-state index contributed by atoms with van der Waals surface area (Å²) < 4.78 is 25.1. The number of hydrogen-bond acceptors (Lipinski definition) is 6. The second kappa shape index (κ2) is 8.69. The minimum atomic E-state index is -1.37. The zero-order valence-electron chi connectivity index (χ0n) is 21.5. The Labute approximate surface area is 198 Å². The van der Waals surface area contributed by atoms with Gasteiger partial charge in [-0.25, -0.2) is 0 Å². The predicted molar refractivity (Wildman–Crippen MR) is 130 cm³/mol. The van der Waals surface area contributed by atoms with Crippen molar-refractivity contribution in [2.75, 3.05) is 31.5 Å². The molecule has 6 rings (SSSR count). The van der Waals surface area contributed by atoms with Gasteiger partial charge in [0.25, 0.3) is 0 Å². The normalized spacial score (nSPS) is 29.2. The Morgan fingerprint density at radius 1 is 1.12 bits per heavy atom. The Morgan fingerprint density at radius 3 is 2.70 bits per heavy atom. The van der Waals surface area contributed by atoms with Crippen LogP contribution in [-0.4, -0.2) is 63.2 Å². The summed E-state index contributed by atoms with van der Waals surface area (Å²) >= 11 is 0. The molecule has 4 heterocycles. The van der Waals surface area contributed by atoms with Gasteiger partial charge in [-0.3, -0.25) is 4.68 Å². The van der Waals surface area contributed by atoms with Crippen LogP contribution in [0.1, 0.15) is 40.4 Å². The van der Waals surface area contributed by atoms with Crippen LogP contribution in [0.15, 0.2) is 30.5 Å². The van der Waals surface area contributed by atoms with E-state index in [9.17, 15) is 0 Å². The van der Waals surface area contributed by atoms with Crippen LogP contribution in [0.25, 0.3) is 22.2 Å². The van der Waals surface area contributed by atoms with E-state index >= 15 is 0 Å². The summed E-state index contributed by atoms with van der Waals surface area (Å²) in [5.41, 5.74) is 4.10. The van der Waals surface area contributed by atoms with Crippen molar-refractivity contribution in [3.05, 3.63) is 36.0 Å². The number of nitrogens with one attached hydrogen (secondary N) is 1. The van der Waals surface area contributed by atoms with Crippen LogP contribution in [0.2, 0.25) is 0 Å². The van der Waals surface area contributed by atoms with Crippen molar-refractivity contribution >= 4 is 16.7 Å². The second-order valence-electron chi connectivity index (χ2n) is 10.00. The molecule has 3 fully saturated rings. The van der Waals surface area contributed by atoms with Crippen LogP contribution in [-0.2, 0) is 11.8 Å². The molecule has 2 saturated heterocycles. The number of rotatable bonds is 5. The first-order valence-corrected chi connectivity index (χ1v) is 12.3. The minimum absolute atomic E-state index is 0.291. The molecule has 2 unspecified atom stereocenters. The summed E-state index contributed by atoms with van der Waals surface area (Å²) in [5, 5.41) is 18.2. The lowest BCUT2D eigenvalue weighted by atomic mass is 10.0. The van der Waals surface area contributed by atoms with Crippen LogP contribution < -0.4 is 5.32 Å². The monoisotopic (exact) mass is 448 g/mol. The molecule has 0 radical (unpaired) electrons. The third-order valence-corrected chi connectivity index (χ3v) is 7.62. The molecule has 7 nitrogen and oxygen atoms in total. The molecule has 1 aromatic carbocycles. The van der Waals surface area contributed by atoms with E-state index in [1.165, 1.54) is 0 Å². The minimum Gasteiger partial charge on any atom is -0.377 e. The highest BCUT2D eigenvalue weighted by Crippen LogP contribution is 2.39. The molecule has 3 aliphatic rings. The number of likely N-dealkylation sites (tertiary alicyclic amines) is 1. The van der Waals surface area contributed by atoms with Crippen molar-refractivity contribution in [2.45, 2.75) is 51.2 Å². The SMILES string of the molecule is [2H]C([2H])([C@@H]1CCCCO1)N1CC2CC(Nc3ccc(-c4ccc5nn(C)cc5c4C)nn3)CC2C1. The highest BCUT2D eigenvalue weighted by molar-refractivity contribution is 5.88. The summed E-state index contributed by atoms with van der Waals surface area (Å²) in [6, 6.07) is 8.53. The Bertz CT molecular complexity index is 1190. The highest BCUT2D eigenvalue weighted by atomic mass is 16.5. The Balaban J connectivity index is 1.08. The number of benzene rings is 1. The number of ether oxygens (including phenoxy) is 1. The maximum atomic E-state index is 8.71. The second-order valence-corrected chi connectivity index (χ2v) is 10.00. The van der Waals surface area contributed by atoms with E-state index in [1.807, 2.05) is 41.0 Å². The summed E-state index contributed by atoms with van der Waals surface area (Å²) in [7, 11) is 1.94. The van der Waals surface area contributed by atoms with E-state index in [1.54, 1.807) is 0 Å². The molecule has 1 saturated carbocycles. The average molecular weight is 449 g/mol. The zero-order chi connectivity index (χ0) is 24.2. The van der Waals surface area contributed by atoms with Crippen LogP contribution in [0.5, 0.6) is 0 Å². The lowest BCUT2D eigenvalue weighted by Crippen LogP contribution is -2.35. The highest BCUT2D eigenvalue weighted by Gasteiger charge is 2.41. The molecule has 3 atom stereocenters. The number of aryl methyl sites for hydroxylation is 2. The van der Waals surface area contributed by atoms with Gasteiger partial charge in [0.1, 0.15) is 5.82 Å². The fraction of sp³-hybridized carbons (Fsp3) is 0.577. The maximum absolute atomic E-state index is 8.71. The van der Waals surface area contributed by atoms with Gasteiger partial charge in [0, 0.05) is 59.2 Å². The van der Waals surface area contributed by atoms with Gasteiger partial charge in [0.15, 0.2) is 0 Å². The van der Waals surface area contributed by atoms with E-state index in [-0.39, 0.29) is 6.10 Å². The number of nitrogens with zero attached hydrogens (tertiary/aromatic N) is 5. The lowest BCUT2D eigenvalue weighted by Gasteiger charge is -2.28. The van der Waals surface area contributed by atoms with E-state index in [2.05, 4.69) is 33.6 Å². The van der Waals surface area contributed by atoms with Gasteiger partial charge in [-0.2, -0.15) is 5.10 Å². The third-order valence-electron chi connectivity index (χ3n) is 7.62. The third kappa shape index (κ3) is 4.24. The first-order valence-electron chi connectivity index (χ1n) is 13.3. The summed E-state index contributed by atoms with van der Waals surface area (Å²) in [6.45, 7) is 3.06. The van der Waals surface area contributed by atoms with E-state index in [0.717, 1.165) is 78.7 Å². The Morgan fingerprint density at radius 2 is 1.97 bits per heavy atom. The van der Waals surface area contributed by atoms with Crippen LogP contribution >= 0.6 is 0 Å². The average Bonchev–Trinajstić information content (AvgIpc) is 3.54. The standard InChI is InChI=1S/C26H34N6O/c1-17-22(6-7-25-23(17)16-31(2)30-25)24-8-9-26(29-28-24)27-20-11-18-13-32(14-19(18)12-20)15-21-5-3-4-10-33-21/h6-9,16,18-21H,3-5,10-15H2,1-2H3,(H,27,29)/t18?,19?,20?,21-/m0/s1/i15D2. The smallest absolute Gasteiger partial charge is 0.148 e. The number of hydrogen-bond donors (Lipinski definition) is 1. The molecular weight excluding hydrogens is 412 g/mol. The molecule has 7 heteroatoms. The van der Waals surface area contributed by atoms with Gasteiger partial charge in [-0.05, 0) is 74.6 Å². The molecule has 3 aromatic rings. The summed E-state index contributed by atoms with van der Waals surface area (Å²) in [6.07, 6.45) is 6.78. The van der Waals surface area contributed by atoms with Crippen LogP contribution in [0.3, 0.4) is 0 Å². The molecule has 1 aliphatic carbocycles. The molecule has 174 valence electrons. The van der Waals surface area contributed by atoms with Gasteiger partial charge in [0.05, 0.1) is 17.3 Å². The molecule has 2 aromatic heterocycles. The lowest BCUT2D eigenvalue weighted by molar-refractivity contribution is -0.00303. The molecule has 2 aliphatic heterocycles. The van der Waals surface area contributed by atoms with E-state index in [0.29, 0.717) is 24.5 Å². The molecule has 1 N–H and O–H groups in total. The zero-order valence-corrected chi connectivity index (χ0v) is 19.5. The first kappa shape index (κ1) is 18.9.